The van der Waals surface area contributed by atoms with E-state index in [1.54, 1.807) is 11.1 Å². The maximum Gasteiger partial charge on any atom is 0.407 e. The third kappa shape index (κ3) is 4.47. The first kappa shape index (κ1) is 16.8. The van der Waals surface area contributed by atoms with Crippen LogP contribution in [-0.4, -0.2) is 51.7 Å². The molecule has 1 saturated heterocycles. The Balaban J connectivity index is 1.99. The van der Waals surface area contributed by atoms with Gasteiger partial charge in [-0.05, 0) is 18.3 Å². The predicted molar refractivity (Wildman–Crippen MR) is 86.5 cm³/mol. The van der Waals surface area contributed by atoms with Crippen molar-refractivity contribution in [1.29, 1.82) is 0 Å². The standard InChI is InChI=1S/C15H23ClN4O2/c1-15(2,3)10-20(14(21)22)11-4-6-19(7-5-11)13-9-17-8-12(16)18-13/h8-9,11H,4-7,10H2,1-3H3,(H,21,22). The zero-order chi connectivity index (χ0) is 16.3. The van der Waals surface area contributed by atoms with E-state index >= 15 is 0 Å². The normalized spacial score (nSPS) is 16.6. The molecule has 6 nitrogen and oxygen atoms in total. The summed E-state index contributed by atoms with van der Waals surface area (Å²) in [5.74, 6) is 0.753. The third-order valence-corrected chi connectivity index (χ3v) is 3.89. The summed E-state index contributed by atoms with van der Waals surface area (Å²) in [6.45, 7) is 8.23. The van der Waals surface area contributed by atoms with Gasteiger partial charge in [0.1, 0.15) is 11.0 Å². The molecule has 0 unspecified atom stereocenters. The zero-order valence-corrected chi connectivity index (χ0v) is 14.0. The van der Waals surface area contributed by atoms with Crippen molar-refractivity contribution in [3.05, 3.63) is 17.5 Å². The first-order valence-electron chi connectivity index (χ1n) is 7.48. The number of hydrogen-bond donors (Lipinski definition) is 1. The highest BCUT2D eigenvalue weighted by Gasteiger charge is 2.31. The maximum atomic E-state index is 11.5. The summed E-state index contributed by atoms with van der Waals surface area (Å²) in [5.41, 5.74) is -0.0477. The molecule has 0 spiro atoms. The molecule has 7 heteroatoms. The number of carboxylic acid groups (broad SMARTS) is 1. The summed E-state index contributed by atoms with van der Waals surface area (Å²) < 4.78 is 0. The van der Waals surface area contributed by atoms with E-state index < -0.39 is 6.09 Å². The van der Waals surface area contributed by atoms with E-state index in [1.807, 2.05) is 0 Å². The van der Waals surface area contributed by atoms with E-state index in [0.717, 1.165) is 31.7 Å². The number of amides is 1. The Hall–Kier alpha value is -1.56. The molecule has 1 amide bonds. The second-order valence-corrected chi connectivity index (χ2v) is 7.28. The monoisotopic (exact) mass is 326 g/mol. The van der Waals surface area contributed by atoms with Crippen LogP contribution < -0.4 is 4.90 Å². The predicted octanol–water partition coefficient (Wildman–Crippen LogP) is 3.12. The molecule has 122 valence electrons. The lowest BCUT2D eigenvalue weighted by atomic mass is 9.94. The molecule has 0 radical (unpaired) electrons. The number of nitrogens with zero attached hydrogens (tertiary/aromatic N) is 4. The first-order valence-corrected chi connectivity index (χ1v) is 7.86. The molecule has 0 aromatic carbocycles. The largest absolute Gasteiger partial charge is 0.465 e. The summed E-state index contributed by atoms with van der Waals surface area (Å²) in [6.07, 6.45) is 3.94. The molecule has 1 fully saturated rings. The number of aromatic nitrogens is 2. The molecule has 0 aliphatic carbocycles. The van der Waals surface area contributed by atoms with Gasteiger partial charge in [-0.1, -0.05) is 32.4 Å². The van der Waals surface area contributed by atoms with E-state index in [2.05, 4.69) is 35.6 Å². The van der Waals surface area contributed by atoms with Crippen molar-refractivity contribution in [2.24, 2.45) is 5.41 Å². The molecular formula is C15H23ClN4O2. The molecule has 1 aliphatic rings. The molecule has 1 aromatic heterocycles. The van der Waals surface area contributed by atoms with Crippen LogP contribution in [0.15, 0.2) is 12.4 Å². The minimum absolute atomic E-state index is 0.0477. The number of anilines is 1. The van der Waals surface area contributed by atoms with E-state index in [0.29, 0.717) is 11.7 Å². The molecule has 1 N–H and O–H groups in total. The number of piperidine rings is 1. The van der Waals surface area contributed by atoms with Gasteiger partial charge in [-0.25, -0.2) is 9.78 Å². The minimum Gasteiger partial charge on any atom is -0.465 e. The molecule has 0 atom stereocenters. The second kappa shape index (κ2) is 6.69. The molecule has 0 saturated carbocycles. The van der Waals surface area contributed by atoms with Gasteiger partial charge in [0.05, 0.1) is 12.4 Å². The molecule has 1 aliphatic heterocycles. The summed E-state index contributed by atoms with van der Waals surface area (Å²) in [4.78, 5) is 23.5. The first-order chi connectivity index (χ1) is 10.3. The van der Waals surface area contributed by atoms with Crippen LogP contribution in [0, 0.1) is 5.41 Å². The van der Waals surface area contributed by atoms with Gasteiger partial charge in [0.15, 0.2) is 0 Å². The summed E-state index contributed by atoms with van der Waals surface area (Å²) in [7, 11) is 0. The van der Waals surface area contributed by atoms with E-state index in [4.69, 9.17) is 11.6 Å². The Morgan fingerprint density at radius 3 is 2.55 bits per heavy atom. The quantitative estimate of drug-likeness (QED) is 0.924. The van der Waals surface area contributed by atoms with Gasteiger partial charge in [0.25, 0.3) is 0 Å². The van der Waals surface area contributed by atoms with Gasteiger partial charge in [-0.3, -0.25) is 4.98 Å². The van der Waals surface area contributed by atoms with Gasteiger partial charge < -0.3 is 14.9 Å². The second-order valence-electron chi connectivity index (χ2n) is 6.89. The molecule has 2 rings (SSSR count). The highest BCUT2D eigenvalue weighted by molar-refractivity contribution is 6.29. The summed E-state index contributed by atoms with van der Waals surface area (Å²) >= 11 is 5.87. The van der Waals surface area contributed by atoms with Crippen LogP contribution in [0.3, 0.4) is 0 Å². The number of halogens is 1. The van der Waals surface area contributed by atoms with Crippen LogP contribution in [0.2, 0.25) is 5.15 Å². The van der Waals surface area contributed by atoms with Gasteiger partial charge in [0, 0.05) is 25.7 Å². The van der Waals surface area contributed by atoms with Crippen molar-refractivity contribution >= 4 is 23.5 Å². The van der Waals surface area contributed by atoms with Crippen molar-refractivity contribution in [2.45, 2.75) is 39.7 Å². The van der Waals surface area contributed by atoms with Crippen molar-refractivity contribution in [2.75, 3.05) is 24.5 Å². The van der Waals surface area contributed by atoms with Crippen LogP contribution in [0.25, 0.3) is 0 Å². The molecule has 22 heavy (non-hydrogen) atoms. The van der Waals surface area contributed by atoms with Gasteiger partial charge in [0.2, 0.25) is 0 Å². The SMILES string of the molecule is CC(C)(C)CN(C(=O)O)C1CCN(c2cncc(Cl)n2)CC1. The number of hydrogen-bond acceptors (Lipinski definition) is 4. The Kier molecular flexibility index (Phi) is 5.11. The molecular weight excluding hydrogens is 304 g/mol. The lowest BCUT2D eigenvalue weighted by Gasteiger charge is -2.39. The van der Waals surface area contributed by atoms with Crippen molar-refractivity contribution in [3.63, 3.8) is 0 Å². The average Bonchev–Trinajstić information content (AvgIpc) is 2.44. The van der Waals surface area contributed by atoms with Crippen LogP contribution in [0.4, 0.5) is 10.6 Å². The highest BCUT2D eigenvalue weighted by Crippen LogP contribution is 2.25. The average molecular weight is 327 g/mol. The fourth-order valence-corrected chi connectivity index (χ4v) is 2.90. The number of rotatable bonds is 3. The van der Waals surface area contributed by atoms with Crippen molar-refractivity contribution in [1.82, 2.24) is 14.9 Å². The summed E-state index contributed by atoms with van der Waals surface area (Å²) in [6, 6.07) is 0.0557. The topological polar surface area (TPSA) is 69.6 Å². The van der Waals surface area contributed by atoms with Crippen molar-refractivity contribution < 1.29 is 9.90 Å². The smallest absolute Gasteiger partial charge is 0.407 e. The number of carbonyl (C=O) groups is 1. The van der Waals surface area contributed by atoms with Gasteiger partial charge >= 0.3 is 6.09 Å². The van der Waals surface area contributed by atoms with E-state index in [1.165, 1.54) is 6.20 Å². The zero-order valence-electron chi connectivity index (χ0n) is 13.3. The lowest BCUT2D eigenvalue weighted by molar-refractivity contribution is 0.0934. The Morgan fingerprint density at radius 2 is 2.05 bits per heavy atom. The molecule has 2 heterocycles. The molecule has 0 bridgehead atoms. The van der Waals surface area contributed by atoms with Gasteiger partial charge in [-0.2, -0.15) is 0 Å². The van der Waals surface area contributed by atoms with Crippen LogP contribution >= 0.6 is 11.6 Å². The fraction of sp³-hybridized carbons (Fsp3) is 0.667. The maximum absolute atomic E-state index is 11.5. The van der Waals surface area contributed by atoms with Crippen molar-refractivity contribution in [3.8, 4) is 0 Å². The Morgan fingerprint density at radius 1 is 1.41 bits per heavy atom. The van der Waals surface area contributed by atoms with Gasteiger partial charge in [-0.15, -0.1) is 0 Å². The van der Waals surface area contributed by atoms with E-state index in [9.17, 15) is 9.90 Å². The lowest BCUT2D eigenvalue weighted by Crippen LogP contribution is -2.49. The third-order valence-electron chi connectivity index (χ3n) is 3.71. The van der Waals surface area contributed by atoms with Crippen LogP contribution in [0.5, 0.6) is 0 Å². The van der Waals surface area contributed by atoms with Crippen LogP contribution in [0.1, 0.15) is 33.6 Å². The fourth-order valence-electron chi connectivity index (χ4n) is 2.76. The van der Waals surface area contributed by atoms with Crippen LogP contribution in [-0.2, 0) is 0 Å². The Bertz CT molecular complexity index is 525. The highest BCUT2D eigenvalue weighted by atomic mass is 35.5. The van der Waals surface area contributed by atoms with E-state index in [-0.39, 0.29) is 11.5 Å². The Labute approximate surface area is 136 Å². The summed E-state index contributed by atoms with van der Waals surface area (Å²) in [5, 5.41) is 9.86. The molecule has 1 aromatic rings. The minimum atomic E-state index is -0.837.